The summed E-state index contributed by atoms with van der Waals surface area (Å²) in [5.74, 6) is 1.63. The molecule has 3 nitrogen and oxygen atoms in total. The third-order valence-corrected chi connectivity index (χ3v) is 3.34. The van der Waals surface area contributed by atoms with E-state index in [9.17, 15) is 0 Å². The maximum absolute atomic E-state index is 5.65. The molecule has 0 amide bonds. The van der Waals surface area contributed by atoms with Gasteiger partial charge in [-0.05, 0) is 44.4 Å². The molecule has 0 aliphatic carbocycles. The van der Waals surface area contributed by atoms with Crippen molar-refractivity contribution in [2.45, 2.75) is 52.6 Å². The average molecular weight is 265 g/mol. The van der Waals surface area contributed by atoms with Gasteiger partial charge in [-0.3, -0.25) is 0 Å². The summed E-state index contributed by atoms with van der Waals surface area (Å²) in [7, 11) is 1.68. The van der Waals surface area contributed by atoms with Gasteiger partial charge < -0.3 is 14.8 Å². The fraction of sp³-hybridized carbons (Fsp3) is 0.625. The zero-order chi connectivity index (χ0) is 14.3. The molecule has 1 rings (SSSR count). The molecule has 0 atom stereocenters. The number of hydrogen-bond donors (Lipinski definition) is 1. The van der Waals surface area contributed by atoms with Crippen LogP contribution in [0.3, 0.4) is 0 Å². The van der Waals surface area contributed by atoms with Crippen LogP contribution in [-0.4, -0.2) is 19.3 Å². The smallest absolute Gasteiger partial charge is 0.161 e. The summed E-state index contributed by atoms with van der Waals surface area (Å²) < 4.78 is 11.0. The highest BCUT2D eigenvalue weighted by Gasteiger charge is 2.14. The molecule has 19 heavy (non-hydrogen) atoms. The van der Waals surface area contributed by atoms with Gasteiger partial charge in [-0.15, -0.1) is 0 Å². The van der Waals surface area contributed by atoms with Crippen molar-refractivity contribution < 1.29 is 9.47 Å². The highest BCUT2D eigenvalue weighted by molar-refractivity contribution is 5.43. The van der Waals surface area contributed by atoms with Crippen molar-refractivity contribution in [1.29, 1.82) is 0 Å². The van der Waals surface area contributed by atoms with Crippen LogP contribution in [0, 0.1) is 0 Å². The highest BCUT2D eigenvalue weighted by Crippen LogP contribution is 2.28. The number of nitrogens with one attached hydrogen (secondary N) is 1. The number of benzene rings is 1. The molecule has 0 unspecified atom stereocenters. The van der Waals surface area contributed by atoms with Gasteiger partial charge in [0.2, 0.25) is 0 Å². The third-order valence-electron chi connectivity index (χ3n) is 3.34. The van der Waals surface area contributed by atoms with Crippen LogP contribution >= 0.6 is 0 Å². The molecular weight excluding hydrogens is 238 g/mol. The molecule has 0 bridgehead atoms. The van der Waals surface area contributed by atoms with Crippen molar-refractivity contribution >= 4 is 0 Å². The lowest BCUT2D eigenvalue weighted by atomic mass is 10.0. The van der Waals surface area contributed by atoms with Crippen molar-refractivity contribution in [2.75, 3.05) is 13.7 Å². The maximum atomic E-state index is 5.65. The number of methoxy groups -OCH3 is 1. The van der Waals surface area contributed by atoms with Crippen LogP contribution in [0.15, 0.2) is 18.2 Å². The number of ether oxygens (including phenoxy) is 2. The molecule has 0 aliphatic rings. The van der Waals surface area contributed by atoms with Gasteiger partial charge in [0.05, 0.1) is 13.7 Å². The molecule has 0 aliphatic heterocycles. The van der Waals surface area contributed by atoms with E-state index in [1.807, 2.05) is 12.1 Å². The van der Waals surface area contributed by atoms with Crippen LogP contribution in [0.4, 0.5) is 0 Å². The Kier molecular flexibility index (Phi) is 6.16. The van der Waals surface area contributed by atoms with Crippen LogP contribution < -0.4 is 14.8 Å². The molecule has 0 spiro atoms. The van der Waals surface area contributed by atoms with Crippen molar-refractivity contribution in [2.24, 2.45) is 0 Å². The molecule has 0 radical (unpaired) electrons. The summed E-state index contributed by atoms with van der Waals surface area (Å²) in [5, 5.41) is 3.54. The lowest BCUT2D eigenvalue weighted by molar-refractivity contribution is 0.294. The van der Waals surface area contributed by atoms with Crippen LogP contribution in [-0.2, 0) is 6.54 Å². The van der Waals surface area contributed by atoms with Gasteiger partial charge in [0.1, 0.15) is 0 Å². The molecule has 1 N–H and O–H groups in total. The molecule has 0 fully saturated rings. The molecule has 1 aromatic rings. The minimum Gasteiger partial charge on any atom is -0.493 e. The van der Waals surface area contributed by atoms with Gasteiger partial charge >= 0.3 is 0 Å². The van der Waals surface area contributed by atoms with E-state index in [0.717, 1.165) is 37.5 Å². The third kappa shape index (κ3) is 5.11. The highest BCUT2D eigenvalue weighted by atomic mass is 16.5. The SMILES string of the molecule is CCCOc1ccc(CNC(C)(C)CC)cc1OC. The van der Waals surface area contributed by atoms with Crippen LogP contribution in [0.2, 0.25) is 0 Å². The molecule has 0 saturated heterocycles. The second kappa shape index (κ2) is 7.39. The minimum absolute atomic E-state index is 0.157. The standard InChI is InChI=1S/C16H27NO2/c1-6-10-19-14-9-8-13(11-15(14)18-5)12-17-16(3,4)7-2/h8-9,11,17H,6-7,10,12H2,1-5H3. The van der Waals surface area contributed by atoms with Gasteiger partial charge in [0.15, 0.2) is 11.5 Å². The molecule has 1 aromatic carbocycles. The predicted molar refractivity (Wildman–Crippen MR) is 80.0 cm³/mol. The Morgan fingerprint density at radius 3 is 2.47 bits per heavy atom. The summed E-state index contributed by atoms with van der Waals surface area (Å²) in [4.78, 5) is 0. The van der Waals surface area contributed by atoms with Gasteiger partial charge in [-0.2, -0.15) is 0 Å². The van der Waals surface area contributed by atoms with E-state index < -0.39 is 0 Å². The van der Waals surface area contributed by atoms with Crippen molar-refractivity contribution in [1.82, 2.24) is 5.32 Å². The zero-order valence-corrected chi connectivity index (χ0v) is 12.9. The minimum atomic E-state index is 0.157. The van der Waals surface area contributed by atoms with E-state index in [1.165, 1.54) is 5.56 Å². The Labute approximate surface area is 117 Å². The van der Waals surface area contributed by atoms with Crippen LogP contribution in [0.25, 0.3) is 0 Å². The van der Waals surface area contributed by atoms with Gasteiger partial charge in [-0.25, -0.2) is 0 Å². The first-order valence-corrected chi connectivity index (χ1v) is 7.07. The van der Waals surface area contributed by atoms with Crippen molar-refractivity contribution in [3.05, 3.63) is 23.8 Å². The Bertz CT molecular complexity index is 388. The van der Waals surface area contributed by atoms with E-state index in [1.54, 1.807) is 7.11 Å². The summed E-state index contributed by atoms with van der Waals surface area (Å²) in [5.41, 5.74) is 1.37. The van der Waals surface area contributed by atoms with E-state index in [4.69, 9.17) is 9.47 Å². The Hall–Kier alpha value is -1.22. The molecule has 0 saturated carbocycles. The quantitative estimate of drug-likeness (QED) is 0.776. The Balaban J connectivity index is 2.71. The summed E-state index contributed by atoms with van der Waals surface area (Å²) in [6.07, 6.45) is 2.10. The van der Waals surface area contributed by atoms with E-state index in [0.29, 0.717) is 0 Å². The largest absolute Gasteiger partial charge is 0.493 e. The molecule has 0 aromatic heterocycles. The van der Waals surface area contributed by atoms with Gasteiger partial charge in [-0.1, -0.05) is 19.9 Å². The summed E-state index contributed by atoms with van der Waals surface area (Å²) in [6.45, 7) is 10.3. The first kappa shape index (κ1) is 15.8. The summed E-state index contributed by atoms with van der Waals surface area (Å²) >= 11 is 0. The molecule has 0 heterocycles. The van der Waals surface area contributed by atoms with Gasteiger partial charge in [0.25, 0.3) is 0 Å². The fourth-order valence-corrected chi connectivity index (χ4v) is 1.62. The van der Waals surface area contributed by atoms with Crippen molar-refractivity contribution in [3.8, 4) is 11.5 Å². The zero-order valence-electron chi connectivity index (χ0n) is 12.9. The fourth-order valence-electron chi connectivity index (χ4n) is 1.62. The lowest BCUT2D eigenvalue weighted by Gasteiger charge is -2.24. The van der Waals surface area contributed by atoms with Gasteiger partial charge in [0, 0.05) is 12.1 Å². The second-order valence-electron chi connectivity index (χ2n) is 5.42. The average Bonchev–Trinajstić information content (AvgIpc) is 2.43. The summed E-state index contributed by atoms with van der Waals surface area (Å²) in [6, 6.07) is 6.13. The normalized spacial score (nSPS) is 11.4. The Morgan fingerprint density at radius 1 is 1.16 bits per heavy atom. The number of hydrogen-bond acceptors (Lipinski definition) is 3. The first-order valence-electron chi connectivity index (χ1n) is 7.07. The van der Waals surface area contributed by atoms with Crippen LogP contribution in [0.1, 0.15) is 46.1 Å². The topological polar surface area (TPSA) is 30.5 Å². The second-order valence-corrected chi connectivity index (χ2v) is 5.42. The van der Waals surface area contributed by atoms with E-state index in [-0.39, 0.29) is 5.54 Å². The molecule has 108 valence electrons. The van der Waals surface area contributed by atoms with E-state index in [2.05, 4.69) is 39.1 Å². The molecular formula is C16H27NO2. The molecule has 3 heteroatoms. The number of rotatable bonds is 8. The lowest BCUT2D eigenvalue weighted by Crippen LogP contribution is -2.37. The monoisotopic (exact) mass is 265 g/mol. The maximum Gasteiger partial charge on any atom is 0.161 e. The first-order chi connectivity index (χ1) is 9.02. The van der Waals surface area contributed by atoms with Crippen LogP contribution in [0.5, 0.6) is 11.5 Å². The van der Waals surface area contributed by atoms with E-state index >= 15 is 0 Å². The predicted octanol–water partition coefficient (Wildman–Crippen LogP) is 3.76. The van der Waals surface area contributed by atoms with Crippen molar-refractivity contribution in [3.63, 3.8) is 0 Å². The Morgan fingerprint density at radius 2 is 1.89 bits per heavy atom.